The van der Waals surface area contributed by atoms with Crippen LogP contribution in [-0.2, 0) is 6.54 Å². The SMILES string of the molecule is Cc1ccc(CN(C)c2ccc(C(C)O)c(Br)c2)cc1. The summed E-state index contributed by atoms with van der Waals surface area (Å²) in [5, 5.41) is 9.65. The van der Waals surface area contributed by atoms with Crippen LogP contribution >= 0.6 is 15.9 Å². The predicted molar refractivity (Wildman–Crippen MR) is 88.1 cm³/mol. The molecule has 0 aromatic heterocycles. The lowest BCUT2D eigenvalue weighted by Crippen LogP contribution is -2.16. The summed E-state index contributed by atoms with van der Waals surface area (Å²) >= 11 is 3.52. The zero-order valence-electron chi connectivity index (χ0n) is 12.1. The van der Waals surface area contributed by atoms with Crippen LogP contribution in [0.2, 0.25) is 0 Å². The summed E-state index contributed by atoms with van der Waals surface area (Å²) < 4.78 is 0.945. The molecule has 106 valence electrons. The van der Waals surface area contributed by atoms with Crippen molar-refractivity contribution in [2.75, 3.05) is 11.9 Å². The maximum atomic E-state index is 9.65. The van der Waals surface area contributed by atoms with Gasteiger partial charge in [0.1, 0.15) is 0 Å². The van der Waals surface area contributed by atoms with Crippen molar-refractivity contribution in [2.45, 2.75) is 26.5 Å². The predicted octanol–water partition coefficient (Wildman–Crippen LogP) is 4.45. The minimum Gasteiger partial charge on any atom is -0.389 e. The Bertz CT molecular complexity index is 578. The van der Waals surface area contributed by atoms with Crippen molar-refractivity contribution in [3.8, 4) is 0 Å². The highest BCUT2D eigenvalue weighted by molar-refractivity contribution is 9.10. The monoisotopic (exact) mass is 333 g/mol. The molecule has 0 aliphatic carbocycles. The van der Waals surface area contributed by atoms with Crippen LogP contribution in [0.4, 0.5) is 5.69 Å². The lowest BCUT2D eigenvalue weighted by atomic mass is 10.1. The molecule has 1 unspecified atom stereocenters. The highest BCUT2D eigenvalue weighted by atomic mass is 79.9. The minimum absolute atomic E-state index is 0.458. The van der Waals surface area contributed by atoms with Crippen molar-refractivity contribution in [3.63, 3.8) is 0 Å². The molecule has 0 saturated carbocycles. The third-order valence-electron chi connectivity index (χ3n) is 3.42. The number of aliphatic hydroxyl groups is 1. The first-order valence-corrected chi connectivity index (χ1v) is 7.51. The number of hydrogen-bond acceptors (Lipinski definition) is 2. The lowest BCUT2D eigenvalue weighted by molar-refractivity contribution is 0.198. The van der Waals surface area contributed by atoms with Gasteiger partial charge in [-0.1, -0.05) is 51.8 Å². The highest BCUT2D eigenvalue weighted by Crippen LogP contribution is 2.28. The minimum atomic E-state index is -0.458. The molecule has 0 bridgehead atoms. The zero-order valence-corrected chi connectivity index (χ0v) is 13.7. The van der Waals surface area contributed by atoms with Crippen LogP contribution in [0.25, 0.3) is 0 Å². The second kappa shape index (κ2) is 6.42. The summed E-state index contributed by atoms with van der Waals surface area (Å²) in [6.45, 7) is 4.73. The van der Waals surface area contributed by atoms with Gasteiger partial charge < -0.3 is 10.0 Å². The first-order valence-electron chi connectivity index (χ1n) is 6.71. The maximum absolute atomic E-state index is 9.65. The number of halogens is 1. The lowest BCUT2D eigenvalue weighted by Gasteiger charge is -2.21. The molecule has 0 aliphatic heterocycles. The maximum Gasteiger partial charge on any atom is 0.0772 e. The van der Waals surface area contributed by atoms with E-state index < -0.39 is 6.10 Å². The average molecular weight is 334 g/mol. The molecule has 1 atom stereocenters. The van der Waals surface area contributed by atoms with Crippen LogP contribution in [0, 0.1) is 6.92 Å². The van der Waals surface area contributed by atoms with Crippen LogP contribution in [-0.4, -0.2) is 12.2 Å². The summed E-state index contributed by atoms with van der Waals surface area (Å²) in [7, 11) is 2.07. The molecule has 0 spiro atoms. The average Bonchev–Trinajstić information content (AvgIpc) is 2.40. The topological polar surface area (TPSA) is 23.5 Å². The number of anilines is 1. The largest absolute Gasteiger partial charge is 0.389 e. The van der Waals surface area contributed by atoms with Crippen molar-refractivity contribution in [1.29, 1.82) is 0 Å². The Morgan fingerprint density at radius 1 is 1.15 bits per heavy atom. The normalized spacial score (nSPS) is 12.2. The summed E-state index contributed by atoms with van der Waals surface area (Å²) in [5.74, 6) is 0. The van der Waals surface area contributed by atoms with Crippen molar-refractivity contribution >= 4 is 21.6 Å². The smallest absolute Gasteiger partial charge is 0.0772 e. The highest BCUT2D eigenvalue weighted by Gasteiger charge is 2.09. The number of rotatable bonds is 4. The molecular formula is C17H20BrNO. The number of benzene rings is 2. The molecular weight excluding hydrogens is 314 g/mol. The molecule has 0 saturated heterocycles. The van der Waals surface area contributed by atoms with Gasteiger partial charge in [0.2, 0.25) is 0 Å². The molecule has 2 aromatic rings. The van der Waals surface area contributed by atoms with Crippen molar-refractivity contribution in [3.05, 3.63) is 63.6 Å². The van der Waals surface area contributed by atoms with Gasteiger partial charge in [-0.15, -0.1) is 0 Å². The van der Waals surface area contributed by atoms with E-state index in [4.69, 9.17) is 0 Å². The van der Waals surface area contributed by atoms with E-state index in [1.165, 1.54) is 11.1 Å². The molecule has 20 heavy (non-hydrogen) atoms. The fraction of sp³-hybridized carbons (Fsp3) is 0.294. The van der Waals surface area contributed by atoms with E-state index in [1.54, 1.807) is 6.92 Å². The van der Waals surface area contributed by atoms with Gasteiger partial charge in [-0.3, -0.25) is 0 Å². The van der Waals surface area contributed by atoms with Gasteiger partial charge in [0.15, 0.2) is 0 Å². The number of aliphatic hydroxyl groups excluding tert-OH is 1. The second-order valence-electron chi connectivity index (χ2n) is 5.22. The summed E-state index contributed by atoms with van der Waals surface area (Å²) in [6, 6.07) is 14.6. The van der Waals surface area contributed by atoms with Crippen molar-refractivity contribution in [1.82, 2.24) is 0 Å². The van der Waals surface area contributed by atoms with E-state index >= 15 is 0 Å². The number of nitrogens with zero attached hydrogens (tertiary/aromatic N) is 1. The Labute approximate surface area is 129 Å². The van der Waals surface area contributed by atoms with E-state index in [9.17, 15) is 5.11 Å². The van der Waals surface area contributed by atoms with Gasteiger partial charge in [-0.25, -0.2) is 0 Å². The van der Waals surface area contributed by atoms with Gasteiger partial charge >= 0.3 is 0 Å². The van der Waals surface area contributed by atoms with E-state index in [1.807, 2.05) is 12.1 Å². The van der Waals surface area contributed by atoms with Crippen LogP contribution in [0.15, 0.2) is 46.9 Å². The van der Waals surface area contributed by atoms with Crippen LogP contribution in [0.1, 0.15) is 29.7 Å². The first-order chi connectivity index (χ1) is 9.47. The summed E-state index contributed by atoms with van der Waals surface area (Å²) in [6.07, 6.45) is -0.458. The van der Waals surface area contributed by atoms with Gasteiger partial charge in [0.05, 0.1) is 6.10 Å². The Kier molecular flexibility index (Phi) is 4.84. The number of hydrogen-bond donors (Lipinski definition) is 1. The van der Waals surface area contributed by atoms with Crippen LogP contribution < -0.4 is 4.90 Å². The molecule has 0 radical (unpaired) electrons. The first kappa shape index (κ1) is 15.1. The van der Waals surface area contributed by atoms with E-state index in [0.717, 1.165) is 22.3 Å². The van der Waals surface area contributed by atoms with Crippen LogP contribution in [0.5, 0.6) is 0 Å². The quantitative estimate of drug-likeness (QED) is 0.893. The fourth-order valence-electron chi connectivity index (χ4n) is 2.15. The zero-order chi connectivity index (χ0) is 14.7. The second-order valence-corrected chi connectivity index (χ2v) is 6.08. The Hall–Kier alpha value is -1.32. The molecule has 3 heteroatoms. The van der Waals surface area contributed by atoms with Gasteiger partial charge in [0.25, 0.3) is 0 Å². The third kappa shape index (κ3) is 3.62. The van der Waals surface area contributed by atoms with E-state index in [0.29, 0.717) is 0 Å². The van der Waals surface area contributed by atoms with Gasteiger partial charge in [-0.2, -0.15) is 0 Å². The number of aryl methyl sites for hydroxylation is 1. The summed E-state index contributed by atoms with van der Waals surface area (Å²) in [5.41, 5.74) is 4.61. The Morgan fingerprint density at radius 3 is 2.35 bits per heavy atom. The molecule has 1 N–H and O–H groups in total. The summed E-state index contributed by atoms with van der Waals surface area (Å²) in [4.78, 5) is 2.20. The van der Waals surface area contributed by atoms with E-state index in [-0.39, 0.29) is 0 Å². The van der Waals surface area contributed by atoms with E-state index in [2.05, 4.69) is 65.1 Å². The molecule has 2 rings (SSSR count). The third-order valence-corrected chi connectivity index (χ3v) is 4.10. The molecule has 0 heterocycles. The van der Waals surface area contributed by atoms with Crippen molar-refractivity contribution < 1.29 is 5.11 Å². The van der Waals surface area contributed by atoms with Gasteiger partial charge in [-0.05, 0) is 37.1 Å². The molecule has 0 fully saturated rings. The molecule has 2 aromatic carbocycles. The standard InChI is InChI=1S/C17H20BrNO/c1-12-4-6-14(7-5-12)11-19(3)15-8-9-16(13(2)20)17(18)10-15/h4-10,13,20H,11H2,1-3H3. The molecule has 2 nitrogen and oxygen atoms in total. The molecule has 0 amide bonds. The fourth-order valence-corrected chi connectivity index (χ4v) is 2.85. The van der Waals surface area contributed by atoms with Gasteiger partial charge in [0, 0.05) is 23.8 Å². The van der Waals surface area contributed by atoms with Crippen LogP contribution in [0.3, 0.4) is 0 Å². The Balaban J connectivity index is 2.15. The van der Waals surface area contributed by atoms with Crippen molar-refractivity contribution in [2.24, 2.45) is 0 Å². The Morgan fingerprint density at radius 2 is 1.80 bits per heavy atom. The molecule has 0 aliphatic rings.